The van der Waals surface area contributed by atoms with Crippen LogP contribution in [0.1, 0.15) is 76.2 Å². The molecular formula is C25H39N5O. The summed E-state index contributed by atoms with van der Waals surface area (Å²) in [5.41, 5.74) is 1.32. The van der Waals surface area contributed by atoms with E-state index in [4.69, 9.17) is 9.97 Å². The molecule has 2 unspecified atom stereocenters. The molecule has 6 heteroatoms. The minimum absolute atomic E-state index is 0.338. The summed E-state index contributed by atoms with van der Waals surface area (Å²) in [7, 11) is 2.23. The first-order chi connectivity index (χ1) is 15.1. The lowest BCUT2D eigenvalue weighted by atomic mass is 9.81. The van der Waals surface area contributed by atoms with Crippen molar-refractivity contribution in [3.63, 3.8) is 0 Å². The Morgan fingerprint density at radius 3 is 2.06 bits per heavy atom. The maximum atomic E-state index is 12.0. The van der Waals surface area contributed by atoms with E-state index in [1.807, 2.05) is 6.92 Å². The predicted molar refractivity (Wildman–Crippen MR) is 123 cm³/mol. The van der Waals surface area contributed by atoms with Crippen LogP contribution in [0.2, 0.25) is 0 Å². The maximum Gasteiger partial charge on any atom is 0.225 e. The Labute approximate surface area is 187 Å². The van der Waals surface area contributed by atoms with Crippen molar-refractivity contribution in [2.75, 3.05) is 38.1 Å². The van der Waals surface area contributed by atoms with Crippen LogP contribution < -0.4 is 4.90 Å². The van der Waals surface area contributed by atoms with Crippen LogP contribution in [0.5, 0.6) is 0 Å². The molecule has 0 radical (unpaired) electrons. The Hall–Kier alpha value is -1.53. The number of Topliss-reactive ketones (excluding diaryl/α,β-unsaturated/α-hetero) is 1. The maximum absolute atomic E-state index is 12.0. The van der Waals surface area contributed by atoms with Crippen LogP contribution >= 0.6 is 0 Å². The molecule has 0 N–H and O–H groups in total. The molecule has 1 aromatic heterocycles. The van der Waals surface area contributed by atoms with Gasteiger partial charge in [-0.1, -0.05) is 6.92 Å². The van der Waals surface area contributed by atoms with Crippen LogP contribution in [0.15, 0.2) is 12.4 Å². The number of likely N-dealkylation sites (N-methyl/N-ethyl adjacent to an activating group) is 1. The summed E-state index contributed by atoms with van der Waals surface area (Å²) in [6.07, 6.45) is 14.5. The minimum atomic E-state index is 0.338. The number of anilines is 1. The number of ketones is 1. The molecule has 2 bridgehead atoms. The lowest BCUT2D eigenvalue weighted by molar-refractivity contribution is -0.123. The molecule has 0 amide bonds. The zero-order valence-electron chi connectivity index (χ0n) is 19.4. The van der Waals surface area contributed by atoms with Crippen molar-refractivity contribution >= 4 is 11.7 Å². The van der Waals surface area contributed by atoms with Crippen molar-refractivity contribution in [1.29, 1.82) is 0 Å². The molecule has 0 aromatic carbocycles. The van der Waals surface area contributed by atoms with Gasteiger partial charge in [-0.15, -0.1) is 0 Å². The molecule has 4 fully saturated rings. The van der Waals surface area contributed by atoms with E-state index in [1.54, 1.807) is 0 Å². The van der Waals surface area contributed by atoms with Crippen LogP contribution in [0.25, 0.3) is 0 Å². The van der Waals surface area contributed by atoms with Gasteiger partial charge in [-0.05, 0) is 83.0 Å². The van der Waals surface area contributed by atoms with Gasteiger partial charge >= 0.3 is 0 Å². The lowest BCUT2D eigenvalue weighted by Gasteiger charge is -2.41. The zero-order valence-corrected chi connectivity index (χ0v) is 19.4. The Morgan fingerprint density at radius 2 is 1.48 bits per heavy atom. The van der Waals surface area contributed by atoms with Gasteiger partial charge in [-0.3, -0.25) is 4.79 Å². The number of rotatable bonds is 5. The summed E-state index contributed by atoms with van der Waals surface area (Å²) in [5, 5.41) is 0. The number of likely N-dealkylation sites (tertiary alicyclic amines) is 2. The van der Waals surface area contributed by atoms with Crippen LogP contribution in [0.4, 0.5) is 5.95 Å². The Balaban J connectivity index is 1.13. The summed E-state index contributed by atoms with van der Waals surface area (Å²) in [6, 6.07) is 1.86. The standard InChI is InChI=1S/C25H39N5O/c1-3-24(31)19-4-6-21(7-5-19)29-12-10-18(11-13-29)20-14-26-25(27-15-20)30-22-8-9-23(30)17-28(2)16-22/h14-15,18-19,21-23H,3-13,16-17H2,1-2H3. The molecule has 3 aliphatic heterocycles. The van der Waals surface area contributed by atoms with E-state index in [0.717, 1.165) is 31.9 Å². The van der Waals surface area contributed by atoms with E-state index in [-0.39, 0.29) is 0 Å². The summed E-state index contributed by atoms with van der Waals surface area (Å²) in [6.45, 7) is 6.62. The number of carbonyl (C=O) groups excluding carboxylic acids is 1. The molecule has 5 rings (SSSR count). The van der Waals surface area contributed by atoms with E-state index < -0.39 is 0 Å². The molecule has 2 atom stereocenters. The number of piperazine rings is 1. The third-order valence-corrected chi connectivity index (χ3v) is 8.57. The highest BCUT2D eigenvalue weighted by molar-refractivity contribution is 5.80. The lowest BCUT2D eigenvalue weighted by Crippen LogP contribution is -2.53. The molecule has 4 heterocycles. The highest BCUT2D eigenvalue weighted by atomic mass is 16.1. The summed E-state index contributed by atoms with van der Waals surface area (Å²) in [4.78, 5) is 29.3. The highest BCUT2D eigenvalue weighted by Gasteiger charge is 2.40. The van der Waals surface area contributed by atoms with E-state index in [0.29, 0.717) is 42.2 Å². The summed E-state index contributed by atoms with van der Waals surface area (Å²) in [5.74, 6) is 2.35. The van der Waals surface area contributed by atoms with Crippen LogP contribution in [-0.4, -0.2) is 76.9 Å². The number of hydrogen-bond donors (Lipinski definition) is 0. The van der Waals surface area contributed by atoms with Crippen molar-refractivity contribution in [1.82, 2.24) is 19.8 Å². The van der Waals surface area contributed by atoms with Crippen LogP contribution in [0.3, 0.4) is 0 Å². The molecular weight excluding hydrogens is 386 g/mol. The van der Waals surface area contributed by atoms with Gasteiger partial charge in [-0.2, -0.15) is 0 Å². The Bertz CT molecular complexity index is 738. The topological polar surface area (TPSA) is 52.6 Å². The van der Waals surface area contributed by atoms with Gasteiger partial charge in [0.15, 0.2) is 0 Å². The summed E-state index contributed by atoms with van der Waals surface area (Å²) >= 11 is 0. The second kappa shape index (κ2) is 9.14. The van der Waals surface area contributed by atoms with Gasteiger partial charge in [0, 0.05) is 55.9 Å². The van der Waals surface area contributed by atoms with Crippen molar-refractivity contribution < 1.29 is 4.79 Å². The number of carbonyl (C=O) groups is 1. The molecule has 6 nitrogen and oxygen atoms in total. The quantitative estimate of drug-likeness (QED) is 0.720. The molecule has 1 saturated carbocycles. The smallest absolute Gasteiger partial charge is 0.225 e. The first-order valence-electron chi connectivity index (χ1n) is 12.7. The molecule has 170 valence electrons. The van der Waals surface area contributed by atoms with Crippen molar-refractivity contribution in [2.24, 2.45) is 5.92 Å². The van der Waals surface area contributed by atoms with Gasteiger partial charge in [-0.25, -0.2) is 9.97 Å². The average Bonchev–Trinajstić information content (AvgIpc) is 3.09. The number of fused-ring (bicyclic) bond motifs is 2. The van der Waals surface area contributed by atoms with Gasteiger partial charge in [0.1, 0.15) is 5.78 Å². The largest absolute Gasteiger partial charge is 0.332 e. The normalized spacial score (nSPS) is 33.0. The number of piperidine rings is 1. The van der Waals surface area contributed by atoms with Gasteiger partial charge in [0.2, 0.25) is 5.95 Å². The first-order valence-corrected chi connectivity index (χ1v) is 12.7. The van der Waals surface area contributed by atoms with Crippen LogP contribution in [0, 0.1) is 5.92 Å². The zero-order chi connectivity index (χ0) is 21.4. The van der Waals surface area contributed by atoms with E-state index in [9.17, 15) is 4.79 Å². The van der Waals surface area contributed by atoms with Gasteiger partial charge in [0.05, 0.1) is 0 Å². The fourth-order valence-electron chi connectivity index (χ4n) is 6.77. The Morgan fingerprint density at radius 1 is 0.903 bits per heavy atom. The van der Waals surface area contributed by atoms with Crippen LogP contribution in [-0.2, 0) is 4.79 Å². The van der Waals surface area contributed by atoms with Crippen molar-refractivity contribution in [3.8, 4) is 0 Å². The predicted octanol–water partition coefficient (Wildman–Crippen LogP) is 3.48. The molecule has 3 saturated heterocycles. The van der Waals surface area contributed by atoms with Gasteiger partial charge < -0.3 is 14.7 Å². The molecule has 31 heavy (non-hydrogen) atoms. The molecule has 0 spiro atoms. The fourth-order valence-corrected chi connectivity index (χ4v) is 6.77. The monoisotopic (exact) mass is 425 g/mol. The van der Waals surface area contributed by atoms with E-state index in [1.165, 1.54) is 57.2 Å². The molecule has 1 aliphatic carbocycles. The van der Waals surface area contributed by atoms with Crippen molar-refractivity contribution in [2.45, 2.75) is 88.8 Å². The molecule has 4 aliphatic rings. The second-order valence-corrected chi connectivity index (χ2v) is 10.5. The first kappa shape index (κ1) is 21.3. The number of hydrogen-bond acceptors (Lipinski definition) is 6. The third kappa shape index (κ3) is 4.38. The SMILES string of the molecule is CCC(=O)C1CCC(N2CCC(c3cnc(N4C5CCC4CN(C)C5)nc3)CC2)CC1. The third-order valence-electron chi connectivity index (χ3n) is 8.57. The van der Waals surface area contributed by atoms with E-state index in [2.05, 4.69) is 34.1 Å². The Kier molecular flexibility index (Phi) is 6.29. The number of aromatic nitrogens is 2. The highest BCUT2D eigenvalue weighted by Crippen LogP contribution is 2.35. The molecule has 1 aromatic rings. The fraction of sp³-hybridized carbons (Fsp3) is 0.800. The van der Waals surface area contributed by atoms with Gasteiger partial charge in [0.25, 0.3) is 0 Å². The van der Waals surface area contributed by atoms with Crippen molar-refractivity contribution in [3.05, 3.63) is 18.0 Å². The minimum Gasteiger partial charge on any atom is -0.332 e. The summed E-state index contributed by atoms with van der Waals surface area (Å²) < 4.78 is 0. The second-order valence-electron chi connectivity index (χ2n) is 10.5. The average molecular weight is 426 g/mol. The number of nitrogens with zero attached hydrogens (tertiary/aromatic N) is 5. The van der Waals surface area contributed by atoms with E-state index >= 15 is 0 Å².